The lowest BCUT2D eigenvalue weighted by molar-refractivity contribution is 0.583. The van der Waals surface area contributed by atoms with E-state index in [1.165, 1.54) is 0 Å². The molecule has 0 saturated heterocycles. The van der Waals surface area contributed by atoms with E-state index in [0.29, 0.717) is 11.0 Å². The molecule has 0 unspecified atom stereocenters. The monoisotopic (exact) mass is 351 g/mol. The molecule has 0 radical (unpaired) electrons. The van der Waals surface area contributed by atoms with E-state index in [9.17, 15) is 0 Å². The number of hydrogen-bond donors (Lipinski definition) is 2. The third-order valence-electron chi connectivity index (χ3n) is 1.65. The highest BCUT2D eigenvalue weighted by molar-refractivity contribution is 14.1. The van der Waals surface area contributed by atoms with Crippen LogP contribution >= 0.6 is 34.2 Å². The molecule has 1 rings (SSSR count). The number of nitrogens with one attached hydrogen (secondary N) is 1. The summed E-state index contributed by atoms with van der Waals surface area (Å²) in [6, 6.07) is 5.57. The van der Waals surface area contributed by atoms with Gasteiger partial charge in [0.25, 0.3) is 0 Å². The molecular formula is C11H15ClIN3. The lowest BCUT2D eigenvalue weighted by Crippen LogP contribution is -2.27. The van der Waals surface area contributed by atoms with E-state index < -0.39 is 0 Å². The lowest BCUT2D eigenvalue weighted by Gasteiger charge is -2.15. The summed E-state index contributed by atoms with van der Waals surface area (Å²) < 4.78 is 1.01. The molecular weight excluding hydrogens is 336 g/mol. The van der Waals surface area contributed by atoms with E-state index in [1.54, 1.807) is 0 Å². The maximum absolute atomic E-state index is 5.87. The fourth-order valence-corrected chi connectivity index (χ4v) is 2.12. The van der Waals surface area contributed by atoms with E-state index >= 15 is 0 Å². The molecule has 88 valence electrons. The number of hydrogen-bond acceptors (Lipinski definition) is 1. The summed E-state index contributed by atoms with van der Waals surface area (Å²) in [6.45, 7) is 5.98. The van der Waals surface area contributed by atoms with Crippen molar-refractivity contribution in [2.75, 3.05) is 5.32 Å². The van der Waals surface area contributed by atoms with Gasteiger partial charge in [-0.25, -0.2) is 4.99 Å². The van der Waals surface area contributed by atoms with E-state index in [0.717, 1.165) is 9.26 Å². The predicted molar refractivity (Wildman–Crippen MR) is 79.2 cm³/mol. The van der Waals surface area contributed by atoms with Crippen LogP contribution in [0.25, 0.3) is 0 Å². The minimum absolute atomic E-state index is 0.186. The molecule has 0 amide bonds. The second kappa shape index (κ2) is 5.23. The van der Waals surface area contributed by atoms with Crippen LogP contribution in [0.4, 0.5) is 5.69 Å². The van der Waals surface area contributed by atoms with Gasteiger partial charge in [0, 0.05) is 8.59 Å². The first-order chi connectivity index (χ1) is 7.28. The smallest absolute Gasteiger partial charge is 0.193 e. The summed E-state index contributed by atoms with van der Waals surface area (Å²) in [7, 11) is 0. The molecule has 0 atom stereocenters. The van der Waals surface area contributed by atoms with E-state index in [2.05, 4.69) is 32.9 Å². The van der Waals surface area contributed by atoms with Crippen molar-refractivity contribution in [3.63, 3.8) is 0 Å². The Bertz CT molecular complexity index is 410. The highest BCUT2D eigenvalue weighted by atomic mass is 127. The molecule has 0 fully saturated rings. The number of aliphatic imine (C=N–C) groups is 1. The van der Waals surface area contributed by atoms with Crippen molar-refractivity contribution in [2.45, 2.75) is 26.3 Å². The number of anilines is 1. The van der Waals surface area contributed by atoms with Gasteiger partial charge in [0.15, 0.2) is 5.96 Å². The number of nitrogens with zero attached hydrogens (tertiary/aromatic N) is 1. The number of halogens is 2. The Morgan fingerprint density at radius 3 is 2.56 bits per heavy atom. The fourth-order valence-electron chi connectivity index (χ4n) is 1.12. The average Bonchev–Trinajstić information content (AvgIpc) is 2.06. The standard InChI is InChI=1S/C11H15ClIN3/c1-11(2,3)16-10(14)15-9-5-4-7(12)6-8(9)13/h4-6H,1-3H3,(H3,14,15,16). The van der Waals surface area contributed by atoms with Gasteiger partial charge in [-0.3, -0.25) is 0 Å². The molecule has 3 N–H and O–H groups in total. The lowest BCUT2D eigenvalue weighted by atomic mass is 10.1. The SMILES string of the molecule is CC(C)(C)N=C(N)Nc1ccc(Cl)cc1I. The van der Waals surface area contributed by atoms with Gasteiger partial charge in [0.2, 0.25) is 0 Å². The minimum atomic E-state index is -0.186. The van der Waals surface area contributed by atoms with Crippen LogP contribution in [0.5, 0.6) is 0 Å². The highest BCUT2D eigenvalue weighted by Crippen LogP contribution is 2.22. The van der Waals surface area contributed by atoms with Gasteiger partial charge in [-0.2, -0.15) is 0 Å². The molecule has 0 aromatic heterocycles. The van der Waals surface area contributed by atoms with Crippen molar-refractivity contribution in [3.05, 3.63) is 26.8 Å². The zero-order chi connectivity index (χ0) is 12.3. The maximum Gasteiger partial charge on any atom is 0.193 e. The van der Waals surface area contributed by atoms with E-state index in [1.807, 2.05) is 39.0 Å². The van der Waals surface area contributed by atoms with Gasteiger partial charge in [0.05, 0.1) is 11.2 Å². The van der Waals surface area contributed by atoms with Gasteiger partial charge < -0.3 is 11.1 Å². The number of rotatable bonds is 1. The van der Waals surface area contributed by atoms with Crippen LogP contribution in [0, 0.1) is 3.57 Å². The molecule has 0 bridgehead atoms. The molecule has 0 spiro atoms. The first-order valence-electron chi connectivity index (χ1n) is 4.85. The summed E-state index contributed by atoms with van der Waals surface area (Å²) in [5.74, 6) is 0.410. The van der Waals surface area contributed by atoms with Crippen molar-refractivity contribution in [1.82, 2.24) is 0 Å². The third-order valence-corrected chi connectivity index (χ3v) is 2.78. The van der Waals surface area contributed by atoms with Crippen LogP contribution in [-0.2, 0) is 0 Å². The molecule has 0 aliphatic rings. The summed E-state index contributed by atoms with van der Waals surface area (Å²) in [5, 5.41) is 3.77. The second-order valence-electron chi connectivity index (χ2n) is 4.42. The largest absolute Gasteiger partial charge is 0.370 e. The van der Waals surface area contributed by atoms with Gasteiger partial charge in [-0.1, -0.05) is 11.6 Å². The average molecular weight is 352 g/mol. The summed E-state index contributed by atoms with van der Waals surface area (Å²) in [6.07, 6.45) is 0. The van der Waals surface area contributed by atoms with Gasteiger partial charge in [0.1, 0.15) is 0 Å². The summed E-state index contributed by atoms with van der Waals surface area (Å²) in [5.41, 5.74) is 6.53. The van der Waals surface area contributed by atoms with Crippen molar-refractivity contribution in [2.24, 2.45) is 10.7 Å². The van der Waals surface area contributed by atoms with Crippen molar-refractivity contribution in [3.8, 4) is 0 Å². The molecule has 0 aliphatic heterocycles. The summed E-state index contributed by atoms with van der Waals surface area (Å²) >= 11 is 8.07. The Morgan fingerprint density at radius 1 is 1.44 bits per heavy atom. The molecule has 3 nitrogen and oxygen atoms in total. The molecule has 1 aromatic carbocycles. The van der Waals surface area contributed by atoms with E-state index in [-0.39, 0.29) is 5.54 Å². The van der Waals surface area contributed by atoms with Crippen molar-refractivity contribution >= 4 is 45.8 Å². The second-order valence-corrected chi connectivity index (χ2v) is 6.02. The Kier molecular flexibility index (Phi) is 4.43. The Morgan fingerprint density at radius 2 is 2.06 bits per heavy atom. The first-order valence-corrected chi connectivity index (χ1v) is 6.31. The van der Waals surface area contributed by atoms with Crippen LogP contribution in [-0.4, -0.2) is 11.5 Å². The first kappa shape index (κ1) is 13.6. The Hall–Kier alpha value is -0.490. The molecule has 0 aliphatic carbocycles. The number of benzene rings is 1. The quantitative estimate of drug-likeness (QED) is 0.462. The normalized spacial score (nSPS) is 12.7. The third kappa shape index (κ3) is 4.57. The van der Waals surface area contributed by atoms with Crippen LogP contribution < -0.4 is 11.1 Å². The molecule has 16 heavy (non-hydrogen) atoms. The summed E-state index contributed by atoms with van der Waals surface area (Å²) in [4.78, 5) is 4.32. The van der Waals surface area contributed by atoms with Gasteiger partial charge in [-0.05, 0) is 61.6 Å². The molecule has 5 heteroatoms. The fraction of sp³-hybridized carbons (Fsp3) is 0.364. The van der Waals surface area contributed by atoms with Crippen LogP contribution in [0.3, 0.4) is 0 Å². The van der Waals surface area contributed by atoms with Crippen LogP contribution in [0.15, 0.2) is 23.2 Å². The predicted octanol–water partition coefficient (Wildman–Crippen LogP) is 3.47. The van der Waals surface area contributed by atoms with Crippen molar-refractivity contribution in [1.29, 1.82) is 0 Å². The van der Waals surface area contributed by atoms with Crippen LogP contribution in [0.1, 0.15) is 20.8 Å². The topological polar surface area (TPSA) is 50.4 Å². The minimum Gasteiger partial charge on any atom is -0.370 e. The zero-order valence-electron chi connectivity index (χ0n) is 9.51. The van der Waals surface area contributed by atoms with Gasteiger partial charge >= 0.3 is 0 Å². The van der Waals surface area contributed by atoms with Crippen molar-refractivity contribution < 1.29 is 0 Å². The Labute approximate surface area is 115 Å². The van der Waals surface area contributed by atoms with Crippen LogP contribution in [0.2, 0.25) is 5.02 Å². The molecule has 0 heterocycles. The van der Waals surface area contributed by atoms with E-state index in [4.69, 9.17) is 17.3 Å². The molecule has 0 saturated carbocycles. The highest BCUT2D eigenvalue weighted by Gasteiger charge is 2.09. The molecule has 1 aromatic rings. The number of guanidine groups is 1. The number of nitrogens with two attached hydrogens (primary N) is 1. The Balaban J connectivity index is 2.85. The maximum atomic E-state index is 5.87. The van der Waals surface area contributed by atoms with Gasteiger partial charge in [-0.15, -0.1) is 0 Å². The zero-order valence-corrected chi connectivity index (χ0v) is 12.4.